The number of carbonyl (C=O) groups is 2. The molecular weight excluding hydrogens is 182 g/mol. The Hall–Kier alpha value is -0.900. The lowest BCUT2D eigenvalue weighted by atomic mass is 10.0. The monoisotopic (exact) mass is 199 g/mol. The molecule has 1 rings (SSSR count). The fraction of sp³-hybridized carbons (Fsp3) is 0.800. The number of aldehydes is 1. The Kier molecular flexibility index (Phi) is 2.67. The van der Waals surface area contributed by atoms with E-state index in [4.69, 9.17) is 0 Å². The van der Waals surface area contributed by atoms with Crippen molar-refractivity contribution in [1.29, 1.82) is 0 Å². The van der Waals surface area contributed by atoms with Gasteiger partial charge in [0.1, 0.15) is 0 Å². The van der Waals surface area contributed by atoms with Crippen molar-refractivity contribution in [1.82, 2.24) is 0 Å². The van der Waals surface area contributed by atoms with Crippen LogP contribution in [-0.4, -0.2) is 35.0 Å². The van der Waals surface area contributed by atoms with E-state index in [0.717, 1.165) is 12.7 Å². The third-order valence-electron chi connectivity index (χ3n) is 3.26. The van der Waals surface area contributed by atoms with Crippen molar-refractivity contribution in [2.24, 2.45) is 0 Å². The fourth-order valence-corrected chi connectivity index (χ4v) is 2.44. The predicted octanol–water partition coefficient (Wildman–Crippen LogP) is 0.306. The number of carbonyl (C=O) groups excluding carboxylic acids is 2. The van der Waals surface area contributed by atoms with Crippen molar-refractivity contribution in [3.05, 3.63) is 0 Å². The highest BCUT2D eigenvalue weighted by Crippen LogP contribution is 2.35. The van der Waals surface area contributed by atoms with Crippen molar-refractivity contribution in [2.75, 3.05) is 6.54 Å². The van der Waals surface area contributed by atoms with E-state index in [0.29, 0.717) is 13.0 Å². The summed E-state index contributed by atoms with van der Waals surface area (Å²) < 4.78 is -0.226. The first-order chi connectivity index (χ1) is 6.36. The molecule has 1 saturated heterocycles. The summed E-state index contributed by atoms with van der Waals surface area (Å²) in [7, 11) is 0. The van der Waals surface area contributed by atoms with Gasteiger partial charge in [0.15, 0.2) is 12.3 Å². The lowest BCUT2D eigenvalue weighted by Gasteiger charge is -2.47. The predicted molar refractivity (Wildman–Crippen MR) is 49.4 cm³/mol. The first-order valence-corrected chi connectivity index (χ1v) is 4.91. The Morgan fingerprint density at radius 3 is 2.36 bits per heavy atom. The average Bonchev–Trinajstić information content (AvgIpc) is 2.46. The minimum absolute atomic E-state index is 0.226. The molecule has 1 heterocycles. The van der Waals surface area contributed by atoms with Gasteiger partial charge in [0, 0.05) is 12.8 Å². The number of carboxylic acid groups (broad SMARTS) is 1. The second-order valence-corrected chi connectivity index (χ2v) is 4.87. The van der Waals surface area contributed by atoms with Gasteiger partial charge >= 0.3 is 0 Å². The average molecular weight is 199 g/mol. The number of hydrogen-bond donors (Lipinski definition) is 0. The Bertz CT molecular complexity index is 257. The van der Waals surface area contributed by atoms with Gasteiger partial charge in [-0.05, 0) is 20.8 Å². The van der Waals surface area contributed by atoms with E-state index >= 15 is 0 Å². The van der Waals surface area contributed by atoms with Crippen LogP contribution in [0.3, 0.4) is 0 Å². The molecule has 0 aromatic heterocycles. The standard InChI is InChI=1S/C10H17NO3/c1-10(2,3)11(9(13)14)6-4-5-8(11)7-12/h7-8H,4-6H2,1-3H3/t8-,11?/m1/s1. The molecule has 1 aliphatic rings. The third-order valence-corrected chi connectivity index (χ3v) is 3.26. The third kappa shape index (κ3) is 1.34. The smallest absolute Gasteiger partial charge is 0.258 e. The highest BCUT2D eigenvalue weighted by Gasteiger charge is 2.51. The van der Waals surface area contributed by atoms with Crippen LogP contribution in [-0.2, 0) is 4.79 Å². The van der Waals surface area contributed by atoms with Crippen molar-refractivity contribution in [2.45, 2.75) is 45.2 Å². The van der Waals surface area contributed by atoms with E-state index in [9.17, 15) is 14.7 Å². The molecule has 2 atom stereocenters. The summed E-state index contributed by atoms with van der Waals surface area (Å²) in [5.74, 6) is 0. The van der Waals surface area contributed by atoms with Crippen LogP contribution in [0, 0.1) is 0 Å². The van der Waals surface area contributed by atoms with Gasteiger partial charge in [-0.15, -0.1) is 0 Å². The van der Waals surface area contributed by atoms with Crippen LogP contribution >= 0.6 is 0 Å². The minimum Gasteiger partial charge on any atom is -0.498 e. The van der Waals surface area contributed by atoms with Gasteiger partial charge in [-0.25, -0.2) is 0 Å². The summed E-state index contributed by atoms with van der Waals surface area (Å²) >= 11 is 0. The zero-order chi connectivity index (χ0) is 11.0. The molecule has 1 amide bonds. The fourth-order valence-electron chi connectivity index (χ4n) is 2.44. The Morgan fingerprint density at radius 1 is 1.50 bits per heavy atom. The summed E-state index contributed by atoms with van der Waals surface area (Å²) in [6, 6.07) is -0.444. The van der Waals surface area contributed by atoms with E-state index in [-0.39, 0.29) is 4.48 Å². The van der Waals surface area contributed by atoms with Crippen LogP contribution < -0.4 is 5.11 Å². The topological polar surface area (TPSA) is 57.2 Å². The lowest BCUT2D eigenvalue weighted by Crippen LogP contribution is -2.70. The van der Waals surface area contributed by atoms with Crippen molar-refractivity contribution >= 4 is 12.4 Å². The van der Waals surface area contributed by atoms with Crippen LogP contribution in [0.5, 0.6) is 0 Å². The molecule has 0 aliphatic carbocycles. The van der Waals surface area contributed by atoms with E-state index in [1.165, 1.54) is 0 Å². The Balaban J connectivity index is 3.16. The number of likely N-dealkylation sites (tertiary alicyclic amines) is 1. The Labute approximate surface area is 84.1 Å². The molecule has 14 heavy (non-hydrogen) atoms. The molecule has 4 heteroatoms. The molecule has 1 fully saturated rings. The van der Waals surface area contributed by atoms with Crippen molar-refractivity contribution in [3.8, 4) is 0 Å². The van der Waals surface area contributed by atoms with E-state index in [2.05, 4.69) is 0 Å². The van der Waals surface area contributed by atoms with Gasteiger partial charge in [-0.1, -0.05) is 0 Å². The molecule has 0 aromatic rings. The molecule has 4 nitrogen and oxygen atoms in total. The lowest BCUT2D eigenvalue weighted by molar-refractivity contribution is -0.921. The van der Waals surface area contributed by atoms with Gasteiger partial charge < -0.3 is 9.90 Å². The van der Waals surface area contributed by atoms with E-state index < -0.39 is 17.7 Å². The Morgan fingerprint density at radius 2 is 2.07 bits per heavy atom. The molecule has 1 unspecified atom stereocenters. The zero-order valence-corrected chi connectivity index (χ0v) is 8.95. The van der Waals surface area contributed by atoms with E-state index in [1.54, 1.807) is 0 Å². The maximum atomic E-state index is 11.2. The molecule has 80 valence electrons. The quantitative estimate of drug-likeness (QED) is 0.451. The first kappa shape index (κ1) is 11.2. The minimum atomic E-state index is -1.13. The van der Waals surface area contributed by atoms with Gasteiger partial charge in [0.05, 0.1) is 12.1 Å². The summed E-state index contributed by atoms with van der Waals surface area (Å²) in [6.07, 6.45) is 1.05. The zero-order valence-electron chi connectivity index (χ0n) is 8.95. The van der Waals surface area contributed by atoms with Crippen molar-refractivity contribution < 1.29 is 19.2 Å². The molecule has 0 spiro atoms. The normalized spacial score (nSPS) is 32.9. The van der Waals surface area contributed by atoms with Crippen LogP contribution in [0.4, 0.5) is 4.79 Å². The summed E-state index contributed by atoms with van der Waals surface area (Å²) in [4.78, 5) is 22.1. The number of amides is 1. The number of rotatable bonds is 1. The second kappa shape index (κ2) is 3.35. The SMILES string of the molecule is CC(C)(C)[N+]1(C(=O)[O-])CCC[C@@H]1C=O. The van der Waals surface area contributed by atoms with Crippen LogP contribution in [0.2, 0.25) is 0 Å². The van der Waals surface area contributed by atoms with Gasteiger partial charge in [-0.3, -0.25) is 9.28 Å². The summed E-state index contributed by atoms with van der Waals surface area (Å²) in [6.45, 7) is 6.01. The van der Waals surface area contributed by atoms with Gasteiger partial charge in [-0.2, -0.15) is 0 Å². The molecule has 0 N–H and O–H groups in total. The maximum Gasteiger partial charge on any atom is 0.258 e. The highest BCUT2D eigenvalue weighted by atomic mass is 16.4. The maximum absolute atomic E-state index is 11.2. The van der Waals surface area contributed by atoms with Crippen LogP contribution in [0.25, 0.3) is 0 Å². The van der Waals surface area contributed by atoms with Crippen molar-refractivity contribution in [3.63, 3.8) is 0 Å². The molecule has 0 saturated carbocycles. The molecule has 0 radical (unpaired) electrons. The highest BCUT2D eigenvalue weighted by molar-refractivity contribution is 5.64. The first-order valence-electron chi connectivity index (χ1n) is 4.91. The van der Waals surface area contributed by atoms with Gasteiger partial charge in [0.25, 0.3) is 6.09 Å². The van der Waals surface area contributed by atoms with Gasteiger partial charge in [0.2, 0.25) is 0 Å². The van der Waals surface area contributed by atoms with E-state index in [1.807, 2.05) is 20.8 Å². The second-order valence-electron chi connectivity index (χ2n) is 4.87. The molecule has 0 aromatic carbocycles. The van der Waals surface area contributed by atoms with Crippen LogP contribution in [0.1, 0.15) is 33.6 Å². The number of quaternary nitrogens is 1. The summed E-state index contributed by atoms with van der Waals surface area (Å²) in [5, 5.41) is 11.2. The largest absolute Gasteiger partial charge is 0.498 e. The molecule has 0 bridgehead atoms. The summed E-state index contributed by atoms with van der Waals surface area (Å²) in [5.41, 5.74) is -0.485. The molecular formula is C10H17NO3. The number of nitrogens with zero attached hydrogens (tertiary/aromatic N) is 1. The number of hydrogen-bond acceptors (Lipinski definition) is 3. The molecule has 1 aliphatic heterocycles. The van der Waals surface area contributed by atoms with Crippen LogP contribution in [0.15, 0.2) is 0 Å².